The SMILES string of the molecule is Cl.N=C1C(N)=CNCN1N. The molecule has 6 heteroatoms. The van der Waals surface area contributed by atoms with Gasteiger partial charge in [0.15, 0.2) is 5.84 Å². The first-order valence-electron chi connectivity index (χ1n) is 2.52. The molecule has 0 spiro atoms. The monoisotopic (exact) mass is 163 g/mol. The lowest BCUT2D eigenvalue weighted by molar-refractivity contribution is 0.408. The van der Waals surface area contributed by atoms with E-state index in [1.807, 2.05) is 0 Å². The average molecular weight is 164 g/mol. The lowest BCUT2D eigenvalue weighted by atomic mass is 10.4. The molecule has 0 fully saturated rings. The molecule has 0 aromatic rings. The first-order valence-corrected chi connectivity index (χ1v) is 2.52. The minimum absolute atomic E-state index is 0. The Morgan fingerprint density at radius 3 is 2.70 bits per heavy atom. The number of nitrogens with one attached hydrogen (secondary N) is 2. The average Bonchev–Trinajstić information content (AvgIpc) is 1.83. The molecule has 0 radical (unpaired) electrons. The van der Waals surface area contributed by atoms with Crippen molar-refractivity contribution >= 4 is 18.2 Å². The fraction of sp³-hybridized carbons (Fsp3) is 0.250. The van der Waals surface area contributed by atoms with Crippen molar-refractivity contribution in [2.24, 2.45) is 11.6 Å². The Morgan fingerprint density at radius 2 is 2.30 bits per heavy atom. The van der Waals surface area contributed by atoms with E-state index in [0.29, 0.717) is 12.4 Å². The molecule has 1 heterocycles. The van der Waals surface area contributed by atoms with Crippen molar-refractivity contribution in [3.63, 3.8) is 0 Å². The Labute approximate surface area is 64.9 Å². The Kier molecular flexibility index (Phi) is 2.98. The van der Waals surface area contributed by atoms with E-state index in [9.17, 15) is 0 Å². The van der Waals surface area contributed by atoms with E-state index in [0.717, 1.165) is 0 Å². The van der Waals surface area contributed by atoms with Crippen LogP contribution in [0, 0.1) is 5.41 Å². The third-order valence-corrected chi connectivity index (χ3v) is 1.08. The van der Waals surface area contributed by atoms with Gasteiger partial charge in [0.25, 0.3) is 0 Å². The van der Waals surface area contributed by atoms with E-state index in [-0.39, 0.29) is 18.2 Å². The minimum atomic E-state index is 0. The molecule has 1 aliphatic rings. The van der Waals surface area contributed by atoms with E-state index in [1.54, 1.807) is 6.20 Å². The van der Waals surface area contributed by atoms with Gasteiger partial charge in [0.05, 0.1) is 5.70 Å². The Bertz CT molecular complexity index is 165. The van der Waals surface area contributed by atoms with Crippen LogP contribution in [0.3, 0.4) is 0 Å². The van der Waals surface area contributed by atoms with Crippen LogP contribution < -0.4 is 16.9 Å². The molecule has 5 nitrogen and oxygen atoms in total. The predicted octanol–water partition coefficient (Wildman–Crippen LogP) is -1.08. The molecule has 0 aromatic heterocycles. The maximum Gasteiger partial charge on any atom is 0.161 e. The Morgan fingerprint density at radius 1 is 1.70 bits per heavy atom. The number of nitrogens with zero attached hydrogens (tertiary/aromatic N) is 1. The minimum Gasteiger partial charge on any atom is -0.395 e. The maximum atomic E-state index is 7.17. The number of rotatable bonds is 0. The largest absolute Gasteiger partial charge is 0.395 e. The van der Waals surface area contributed by atoms with E-state index < -0.39 is 0 Å². The number of hydrogen-bond acceptors (Lipinski definition) is 4. The van der Waals surface area contributed by atoms with Crippen molar-refractivity contribution in [3.05, 3.63) is 11.9 Å². The fourth-order valence-corrected chi connectivity index (χ4v) is 0.567. The fourth-order valence-electron chi connectivity index (χ4n) is 0.567. The molecular weight excluding hydrogens is 154 g/mol. The Balaban J connectivity index is 0.000000810. The van der Waals surface area contributed by atoms with Gasteiger partial charge in [-0.1, -0.05) is 0 Å². The van der Waals surface area contributed by atoms with E-state index in [2.05, 4.69) is 5.32 Å². The number of halogens is 1. The van der Waals surface area contributed by atoms with Crippen molar-refractivity contribution in [3.8, 4) is 0 Å². The highest BCUT2D eigenvalue weighted by Gasteiger charge is 2.10. The molecule has 0 saturated heterocycles. The van der Waals surface area contributed by atoms with E-state index >= 15 is 0 Å². The van der Waals surface area contributed by atoms with E-state index in [1.165, 1.54) is 5.01 Å². The summed E-state index contributed by atoms with van der Waals surface area (Å²) in [6, 6.07) is 0. The summed E-state index contributed by atoms with van der Waals surface area (Å²) in [4.78, 5) is 0. The van der Waals surface area contributed by atoms with Gasteiger partial charge in [-0.25, -0.2) is 5.84 Å². The zero-order valence-corrected chi connectivity index (χ0v) is 6.11. The molecule has 0 aliphatic carbocycles. The lowest BCUT2D eigenvalue weighted by Crippen LogP contribution is -2.48. The molecule has 10 heavy (non-hydrogen) atoms. The summed E-state index contributed by atoms with van der Waals surface area (Å²) >= 11 is 0. The lowest BCUT2D eigenvalue weighted by Gasteiger charge is -2.23. The molecule has 0 bridgehead atoms. The normalized spacial score (nSPS) is 17.1. The van der Waals surface area contributed by atoms with Gasteiger partial charge in [-0.05, 0) is 0 Å². The highest BCUT2D eigenvalue weighted by Crippen LogP contribution is 1.93. The molecule has 0 atom stereocenters. The number of nitrogens with two attached hydrogens (primary N) is 2. The third kappa shape index (κ3) is 1.52. The summed E-state index contributed by atoms with van der Waals surface area (Å²) in [6.07, 6.45) is 1.56. The number of amidine groups is 1. The van der Waals surface area contributed by atoms with Crippen molar-refractivity contribution in [2.45, 2.75) is 0 Å². The van der Waals surface area contributed by atoms with Crippen molar-refractivity contribution in [1.29, 1.82) is 5.41 Å². The van der Waals surface area contributed by atoms with Crippen LogP contribution in [0.4, 0.5) is 0 Å². The van der Waals surface area contributed by atoms with Gasteiger partial charge in [0.2, 0.25) is 0 Å². The quantitative estimate of drug-likeness (QED) is 0.342. The van der Waals surface area contributed by atoms with Gasteiger partial charge in [0, 0.05) is 6.20 Å². The van der Waals surface area contributed by atoms with Gasteiger partial charge in [-0.3, -0.25) is 10.4 Å². The summed E-state index contributed by atoms with van der Waals surface area (Å²) < 4.78 is 0. The van der Waals surface area contributed by atoms with Gasteiger partial charge in [0.1, 0.15) is 6.67 Å². The van der Waals surface area contributed by atoms with Crippen LogP contribution in [0.15, 0.2) is 11.9 Å². The Hall–Kier alpha value is -0.940. The standard InChI is InChI=1S/C4H9N5.ClH/c5-3-1-8-2-9(7)4(3)6;/h1,6,8H,2,5,7H2;1H. The van der Waals surface area contributed by atoms with Crippen LogP contribution >= 0.6 is 12.4 Å². The number of hydrazine groups is 1. The summed E-state index contributed by atoms with van der Waals surface area (Å²) in [7, 11) is 0. The molecule has 0 amide bonds. The molecule has 0 saturated carbocycles. The predicted molar refractivity (Wildman–Crippen MR) is 41.3 cm³/mol. The second kappa shape index (κ2) is 3.28. The third-order valence-electron chi connectivity index (χ3n) is 1.08. The zero-order chi connectivity index (χ0) is 6.85. The van der Waals surface area contributed by atoms with Crippen LogP contribution in [-0.2, 0) is 0 Å². The van der Waals surface area contributed by atoms with Crippen LogP contribution in [0.2, 0.25) is 0 Å². The summed E-state index contributed by atoms with van der Waals surface area (Å²) in [5, 5.41) is 11.2. The molecule has 0 unspecified atom stereocenters. The van der Waals surface area contributed by atoms with Crippen molar-refractivity contribution in [1.82, 2.24) is 10.3 Å². The van der Waals surface area contributed by atoms with Crippen LogP contribution in [0.1, 0.15) is 0 Å². The zero-order valence-electron chi connectivity index (χ0n) is 5.29. The van der Waals surface area contributed by atoms with Crippen molar-refractivity contribution < 1.29 is 0 Å². The summed E-state index contributed by atoms with van der Waals surface area (Å²) in [6.45, 7) is 0.444. The summed E-state index contributed by atoms with van der Waals surface area (Å²) in [5.41, 5.74) is 5.69. The maximum absolute atomic E-state index is 7.17. The second-order valence-electron chi connectivity index (χ2n) is 1.78. The van der Waals surface area contributed by atoms with Crippen LogP contribution in [0.5, 0.6) is 0 Å². The van der Waals surface area contributed by atoms with E-state index in [4.69, 9.17) is 17.0 Å². The topological polar surface area (TPSA) is 91.2 Å². The van der Waals surface area contributed by atoms with Crippen LogP contribution in [0.25, 0.3) is 0 Å². The molecular formula is C4H10ClN5. The molecule has 0 aromatic carbocycles. The second-order valence-corrected chi connectivity index (χ2v) is 1.78. The first kappa shape index (κ1) is 9.06. The molecule has 58 valence electrons. The number of hydrogen-bond donors (Lipinski definition) is 4. The van der Waals surface area contributed by atoms with Crippen LogP contribution in [-0.4, -0.2) is 17.5 Å². The molecule has 6 N–H and O–H groups in total. The van der Waals surface area contributed by atoms with Gasteiger partial charge in [-0.15, -0.1) is 12.4 Å². The van der Waals surface area contributed by atoms with Crippen molar-refractivity contribution in [2.75, 3.05) is 6.67 Å². The first-order chi connectivity index (χ1) is 4.22. The highest BCUT2D eigenvalue weighted by atomic mass is 35.5. The summed E-state index contributed by atoms with van der Waals surface area (Å²) in [5.74, 6) is 5.46. The molecule has 1 rings (SSSR count). The van der Waals surface area contributed by atoms with Gasteiger partial charge in [-0.2, -0.15) is 0 Å². The highest BCUT2D eigenvalue weighted by molar-refractivity contribution is 5.94. The smallest absolute Gasteiger partial charge is 0.161 e. The van der Waals surface area contributed by atoms with Gasteiger partial charge >= 0.3 is 0 Å². The molecule has 1 aliphatic heterocycles. The van der Waals surface area contributed by atoms with Gasteiger partial charge < -0.3 is 11.1 Å².